The Morgan fingerprint density at radius 3 is 2.34 bits per heavy atom. The number of guanidine groups is 1. The van der Waals surface area contributed by atoms with E-state index in [1.165, 1.54) is 11.8 Å². The number of furan rings is 1. The predicted molar refractivity (Wildman–Crippen MR) is 117 cm³/mol. The van der Waals surface area contributed by atoms with Crippen molar-refractivity contribution in [1.29, 1.82) is 0 Å². The fourth-order valence-corrected chi connectivity index (χ4v) is 3.14. The minimum absolute atomic E-state index is 0.218. The summed E-state index contributed by atoms with van der Waals surface area (Å²) in [4.78, 5) is 19.1. The third-order valence-corrected chi connectivity index (χ3v) is 4.65. The Hall–Kier alpha value is -2.80. The molecule has 1 unspecified atom stereocenters. The van der Waals surface area contributed by atoms with Crippen molar-refractivity contribution in [2.24, 2.45) is 4.99 Å². The van der Waals surface area contributed by atoms with E-state index in [0.29, 0.717) is 25.4 Å². The maximum atomic E-state index is 11.9. The maximum absolute atomic E-state index is 11.9. The quantitative estimate of drug-likeness (QED) is 0.307. The summed E-state index contributed by atoms with van der Waals surface area (Å²) in [6.07, 6.45) is 1.49. The van der Waals surface area contributed by atoms with Crippen molar-refractivity contribution in [2.75, 3.05) is 39.3 Å². The number of nitrogens with one attached hydrogen (secondary N) is 3. The molecule has 2 rings (SSSR count). The van der Waals surface area contributed by atoms with Crippen LogP contribution < -0.4 is 16.0 Å². The van der Waals surface area contributed by atoms with Crippen LogP contribution in [0.1, 0.15) is 42.9 Å². The van der Waals surface area contributed by atoms with E-state index in [1.807, 2.05) is 13.0 Å². The molecular formula is C22H33N5O2. The average molecular weight is 400 g/mol. The van der Waals surface area contributed by atoms with Crippen molar-refractivity contribution in [3.8, 4) is 0 Å². The molecule has 0 bridgehead atoms. The third kappa shape index (κ3) is 7.27. The molecule has 158 valence electrons. The highest BCUT2D eigenvalue weighted by atomic mass is 16.3. The second-order valence-electron chi connectivity index (χ2n) is 6.53. The van der Waals surface area contributed by atoms with Gasteiger partial charge in [0.15, 0.2) is 11.7 Å². The van der Waals surface area contributed by atoms with Crippen molar-refractivity contribution < 1.29 is 9.21 Å². The summed E-state index contributed by atoms with van der Waals surface area (Å²) >= 11 is 0. The topological polar surface area (TPSA) is 81.9 Å². The van der Waals surface area contributed by atoms with Crippen LogP contribution >= 0.6 is 0 Å². The minimum atomic E-state index is -0.218. The monoisotopic (exact) mass is 399 g/mol. The molecule has 0 aliphatic rings. The SMILES string of the molecule is CCNC(=NCC(c1ccccc1)N(CC)CC)NCCNC(=O)c1ccco1. The largest absolute Gasteiger partial charge is 0.459 e. The molecule has 29 heavy (non-hydrogen) atoms. The van der Waals surface area contributed by atoms with Gasteiger partial charge in [0.05, 0.1) is 18.8 Å². The first kappa shape index (κ1) is 22.5. The number of carbonyl (C=O) groups excluding carboxylic acids is 1. The number of hydrogen-bond acceptors (Lipinski definition) is 4. The second kappa shape index (κ2) is 12.6. The molecule has 1 amide bonds. The van der Waals surface area contributed by atoms with E-state index >= 15 is 0 Å². The first-order valence-corrected chi connectivity index (χ1v) is 10.3. The summed E-state index contributed by atoms with van der Waals surface area (Å²) in [5.41, 5.74) is 1.27. The number of hydrogen-bond donors (Lipinski definition) is 3. The average Bonchev–Trinajstić information content (AvgIpc) is 3.29. The summed E-state index contributed by atoms with van der Waals surface area (Å²) in [6, 6.07) is 14.1. The molecule has 1 aromatic heterocycles. The molecule has 3 N–H and O–H groups in total. The molecule has 0 radical (unpaired) electrons. The lowest BCUT2D eigenvalue weighted by Gasteiger charge is -2.29. The number of likely N-dealkylation sites (N-methyl/N-ethyl adjacent to an activating group) is 1. The van der Waals surface area contributed by atoms with Crippen molar-refractivity contribution in [1.82, 2.24) is 20.9 Å². The Kier molecular flexibility index (Phi) is 9.78. The molecule has 0 fully saturated rings. The Morgan fingerprint density at radius 2 is 1.72 bits per heavy atom. The van der Waals surface area contributed by atoms with Gasteiger partial charge in [-0.3, -0.25) is 14.7 Å². The van der Waals surface area contributed by atoms with Crippen LogP contribution in [-0.4, -0.2) is 56.0 Å². The minimum Gasteiger partial charge on any atom is -0.459 e. The van der Waals surface area contributed by atoms with Crippen LogP contribution in [0.4, 0.5) is 0 Å². The highest BCUT2D eigenvalue weighted by Gasteiger charge is 2.17. The molecule has 1 heterocycles. The molecule has 7 nitrogen and oxygen atoms in total. The fraction of sp³-hybridized carbons (Fsp3) is 0.455. The van der Waals surface area contributed by atoms with Crippen molar-refractivity contribution in [2.45, 2.75) is 26.8 Å². The van der Waals surface area contributed by atoms with Gasteiger partial charge < -0.3 is 20.4 Å². The molecule has 7 heteroatoms. The van der Waals surface area contributed by atoms with Crippen LogP contribution in [0.2, 0.25) is 0 Å². The van der Waals surface area contributed by atoms with Crippen LogP contribution in [0.15, 0.2) is 58.1 Å². The van der Waals surface area contributed by atoms with Crippen LogP contribution in [0, 0.1) is 0 Å². The van der Waals surface area contributed by atoms with E-state index < -0.39 is 0 Å². The zero-order chi connectivity index (χ0) is 20.9. The maximum Gasteiger partial charge on any atom is 0.287 e. The lowest BCUT2D eigenvalue weighted by atomic mass is 10.1. The Morgan fingerprint density at radius 1 is 1.00 bits per heavy atom. The zero-order valence-electron chi connectivity index (χ0n) is 17.6. The zero-order valence-corrected chi connectivity index (χ0v) is 17.6. The highest BCUT2D eigenvalue weighted by Crippen LogP contribution is 2.20. The number of aliphatic imine (C=N–C) groups is 1. The lowest BCUT2D eigenvalue weighted by Crippen LogP contribution is -2.42. The molecule has 1 atom stereocenters. The fourth-order valence-electron chi connectivity index (χ4n) is 3.14. The Bertz CT molecular complexity index is 727. The van der Waals surface area contributed by atoms with E-state index in [9.17, 15) is 4.79 Å². The summed E-state index contributed by atoms with van der Waals surface area (Å²) < 4.78 is 5.09. The van der Waals surface area contributed by atoms with Crippen LogP contribution in [0.3, 0.4) is 0 Å². The first-order valence-electron chi connectivity index (χ1n) is 10.3. The molecule has 0 aliphatic carbocycles. The van der Waals surface area contributed by atoms with Gasteiger partial charge >= 0.3 is 0 Å². The van der Waals surface area contributed by atoms with Gasteiger partial charge in [0.25, 0.3) is 5.91 Å². The first-order chi connectivity index (χ1) is 14.2. The van der Waals surface area contributed by atoms with Crippen molar-refractivity contribution >= 4 is 11.9 Å². The van der Waals surface area contributed by atoms with Crippen molar-refractivity contribution in [3.05, 3.63) is 60.1 Å². The molecule has 1 aromatic carbocycles. The Labute approximate surface area is 173 Å². The van der Waals surface area contributed by atoms with Gasteiger partial charge in [0.2, 0.25) is 0 Å². The van der Waals surface area contributed by atoms with Gasteiger partial charge in [0, 0.05) is 19.6 Å². The molecular weight excluding hydrogens is 366 g/mol. The molecule has 2 aromatic rings. The molecule has 0 saturated heterocycles. The number of rotatable bonds is 11. The van der Waals surface area contributed by atoms with Gasteiger partial charge in [-0.2, -0.15) is 0 Å². The van der Waals surface area contributed by atoms with Gasteiger partial charge in [-0.25, -0.2) is 0 Å². The van der Waals surface area contributed by atoms with Gasteiger partial charge in [0.1, 0.15) is 0 Å². The highest BCUT2D eigenvalue weighted by molar-refractivity contribution is 5.91. The van der Waals surface area contributed by atoms with E-state index in [1.54, 1.807) is 12.1 Å². The third-order valence-electron chi connectivity index (χ3n) is 4.65. The summed E-state index contributed by atoms with van der Waals surface area (Å²) in [5, 5.41) is 9.37. The molecule has 0 saturated carbocycles. The van der Waals surface area contributed by atoms with Gasteiger partial charge in [-0.15, -0.1) is 0 Å². The summed E-state index contributed by atoms with van der Waals surface area (Å²) in [5.74, 6) is 0.841. The van der Waals surface area contributed by atoms with E-state index in [0.717, 1.165) is 25.6 Å². The van der Waals surface area contributed by atoms with Crippen LogP contribution in [-0.2, 0) is 0 Å². The van der Waals surface area contributed by atoms with E-state index in [4.69, 9.17) is 9.41 Å². The molecule has 0 aliphatic heterocycles. The van der Waals surface area contributed by atoms with Crippen LogP contribution in [0.25, 0.3) is 0 Å². The smallest absolute Gasteiger partial charge is 0.287 e. The predicted octanol–water partition coefficient (Wildman–Crippen LogP) is 2.65. The molecule has 0 spiro atoms. The lowest BCUT2D eigenvalue weighted by molar-refractivity contribution is 0.0926. The van der Waals surface area contributed by atoms with Gasteiger partial charge in [-0.1, -0.05) is 44.2 Å². The summed E-state index contributed by atoms with van der Waals surface area (Å²) in [7, 11) is 0. The van der Waals surface area contributed by atoms with Crippen molar-refractivity contribution in [3.63, 3.8) is 0 Å². The number of carbonyl (C=O) groups is 1. The second-order valence-corrected chi connectivity index (χ2v) is 6.53. The number of amides is 1. The standard InChI is InChI=1S/C22H33N5O2/c1-4-23-22(25-15-14-24-21(28)20-13-10-16-29-20)26-17-19(27(5-2)6-3)18-11-8-7-9-12-18/h7-13,16,19H,4-6,14-15,17H2,1-3H3,(H,24,28)(H2,23,25,26). The normalized spacial score (nSPS) is 12.6. The van der Waals surface area contributed by atoms with E-state index in [-0.39, 0.29) is 11.9 Å². The number of nitrogens with zero attached hydrogens (tertiary/aromatic N) is 2. The van der Waals surface area contributed by atoms with E-state index in [2.05, 4.69) is 59.0 Å². The van der Waals surface area contributed by atoms with Gasteiger partial charge in [-0.05, 0) is 37.7 Å². The van der Waals surface area contributed by atoms with Crippen LogP contribution in [0.5, 0.6) is 0 Å². The summed E-state index contributed by atoms with van der Waals surface area (Å²) in [6.45, 7) is 10.8. The number of benzene rings is 1. The Balaban J connectivity index is 1.93.